The van der Waals surface area contributed by atoms with Crippen molar-refractivity contribution < 1.29 is 9.21 Å². The standard InChI is InChI=1S/C15H16N2O2/c18-15(17-9-5-2-6-10-17)14-13(16-11-19-14)12-7-3-1-4-8-12/h1,3-4,7-8,11H,2,5-6,9-10H2. The first-order chi connectivity index (χ1) is 9.36. The Morgan fingerprint density at radius 1 is 1.11 bits per heavy atom. The molecule has 4 heteroatoms. The summed E-state index contributed by atoms with van der Waals surface area (Å²) in [4.78, 5) is 18.5. The second-order valence-corrected chi connectivity index (χ2v) is 4.75. The van der Waals surface area contributed by atoms with Crippen LogP contribution in [0.4, 0.5) is 0 Å². The third-order valence-corrected chi connectivity index (χ3v) is 3.45. The number of nitrogens with zero attached hydrogens (tertiary/aromatic N) is 2. The minimum atomic E-state index is -0.0453. The van der Waals surface area contributed by atoms with Gasteiger partial charge in [-0.05, 0) is 19.3 Å². The molecule has 0 atom stereocenters. The third-order valence-electron chi connectivity index (χ3n) is 3.45. The van der Waals surface area contributed by atoms with E-state index >= 15 is 0 Å². The van der Waals surface area contributed by atoms with Crippen LogP contribution in [0.3, 0.4) is 0 Å². The number of piperidine rings is 1. The first-order valence-electron chi connectivity index (χ1n) is 6.64. The molecule has 1 amide bonds. The maximum Gasteiger partial charge on any atom is 0.291 e. The van der Waals surface area contributed by atoms with E-state index in [1.807, 2.05) is 35.2 Å². The number of rotatable bonds is 2. The summed E-state index contributed by atoms with van der Waals surface area (Å²) in [5.41, 5.74) is 1.55. The molecule has 1 saturated heterocycles. The quantitative estimate of drug-likeness (QED) is 0.829. The molecule has 0 bridgehead atoms. The Kier molecular flexibility index (Phi) is 3.31. The van der Waals surface area contributed by atoms with Gasteiger partial charge in [0.15, 0.2) is 6.39 Å². The third kappa shape index (κ3) is 2.38. The highest BCUT2D eigenvalue weighted by Gasteiger charge is 2.24. The summed E-state index contributed by atoms with van der Waals surface area (Å²) in [7, 11) is 0. The van der Waals surface area contributed by atoms with Crippen molar-refractivity contribution >= 4 is 5.91 Å². The van der Waals surface area contributed by atoms with Crippen LogP contribution in [0.1, 0.15) is 29.8 Å². The normalized spacial score (nSPS) is 15.5. The van der Waals surface area contributed by atoms with E-state index in [0.29, 0.717) is 11.5 Å². The predicted octanol–water partition coefficient (Wildman–Crippen LogP) is 2.97. The highest BCUT2D eigenvalue weighted by molar-refractivity contribution is 5.97. The zero-order chi connectivity index (χ0) is 13.1. The van der Waals surface area contributed by atoms with Crippen molar-refractivity contribution in [3.63, 3.8) is 0 Å². The van der Waals surface area contributed by atoms with Crippen LogP contribution in [0.15, 0.2) is 41.1 Å². The highest BCUT2D eigenvalue weighted by atomic mass is 16.3. The van der Waals surface area contributed by atoms with Crippen molar-refractivity contribution in [3.05, 3.63) is 42.5 Å². The number of benzene rings is 1. The number of aromatic nitrogens is 1. The smallest absolute Gasteiger partial charge is 0.291 e. The van der Waals surface area contributed by atoms with Crippen LogP contribution in [0, 0.1) is 0 Å². The molecule has 1 aliphatic rings. The average Bonchev–Trinajstić information content (AvgIpc) is 2.98. The van der Waals surface area contributed by atoms with Crippen molar-refractivity contribution in [3.8, 4) is 11.3 Å². The van der Waals surface area contributed by atoms with Crippen LogP contribution in [0.25, 0.3) is 11.3 Å². The van der Waals surface area contributed by atoms with E-state index in [0.717, 1.165) is 31.5 Å². The average molecular weight is 256 g/mol. The van der Waals surface area contributed by atoms with E-state index in [-0.39, 0.29) is 5.91 Å². The van der Waals surface area contributed by atoms with Crippen molar-refractivity contribution in [1.29, 1.82) is 0 Å². The maximum absolute atomic E-state index is 12.4. The number of hydrogen-bond donors (Lipinski definition) is 0. The molecule has 1 fully saturated rings. The Balaban J connectivity index is 1.89. The lowest BCUT2D eigenvalue weighted by atomic mass is 10.1. The molecule has 0 unspecified atom stereocenters. The monoisotopic (exact) mass is 256 g/mol. The van der Waals surface area contributed by atoms with Crippen LogP contribution in [0.2, 0.25) is 0 Å². The van der Waals surface area contributed by atoms with Crippen molar-refractivity contribution in [2.45, 2.75) is 19.3 Å². The summed E-state index contributed by atoms with van der Waals surface area (Å²) in [6.45, 7) is 1.63. The fourth-order valence-corrected chi connectivity index (χ4v) is 2.44. The zero-order valence-electron chi connectivity index (χ0n) is 10.7. The highest BCUT2D eigenvalue weighted by Crippen LogP contribution is 2.24. The topological polar surface area (TPSA) is 46.3 Å². The molecule has 4 nitrogen and oxygen atoms in total. The molecule has 0 aliphatic carbocycles. The molecule has 1 aromatic heterocycles. The summed E-state index contributed by atoms with van der Waals surface area (Å²) < 4.78 is 5.33. The maximum atomic E-state index is 12.4. The van der Waals surface area contributed by atoms with Crippen molar-refractivity contribution in [1.82, 2.24) is 9.88 Å². The molecule has 1 aromatic carbocycles. The van der Waals surface area contributed by atoms with Crippen LogP contribution in [-0.4, -0.2) is 28.9 Å². The lowest BCUT2D eigenvalue weighted by Gasteiger charge is -2.25. The number of carbonyl (C=O) groups excluding carboxylic acids is 1. The predicted molar refractivity (Wildman–Crippen MR) is 71.7 cm³/mol. The van der Waals surface area contributed by atoms with Crippen LogP contribution in [-0.2, 0) is 0 Å². The molecule has 19 heavy (non-hydrogen) atoms. The van der Waals surface area contributed by atoms with Gasteiger partial charge in [-0.2, -0.15) is 0 Å². The fraction of sp³-hybridized carbons (Fsp3) is 0.333. The van der Waals surface area contributed by atoms with E-state index < -0.39 is 0 Å². The lowest BCUT2D eigenvalue weighted by Crippen LogP contribution is -2.35. The van der Waals surface area contributed by atoms with Gasteiger partial charge in [-0.25, -0.2) is 4.98 Å². The van der Waals surface area contributed by atoms with Gasteiger partial charge in [0.1, 0.15) is 5.69 Å². The summed E-state index contributed by atoms with van der Waals surface area (Å²) in [6.07, 6.45) is 4.69. The molecular weight excluding hydrogens is 240 g/mol. The van der Waals surface area contributed by atoms with E-state index in [2.05, 4.69) is 4.98 Å². The van der Waals surface area contributed by atoms with Gasteiger partial charge in [0.05, 0.1) is 0 Å². The first-order valence-corrected chi connectivity index (χ1v) is 6.64. The van der Waals surface area contributed by atoms with E-state index in [1.165, 1.54) is 12.8 Å². The number of carbonyl (C=O) groups is 1. The lowest BCUT2D eigenvalue weighted by molar-refractivity contribution is 0.0693. The Bertz CT molecular complexity index is 557. The Morgan fingerprint density at radius 2 is 1.84 bits per heavy atom. The van der Waals surface area contributed by atoms with Crippen molar-refractivity contribution in [2.75, 3.05) is 13.1 Å². The Morgan fingerprint density at radius 3 is 2.58 bits per heavy atom. The van der Waals surface area contributed by atoms with Gasteiger partial charge < -0.3 is 9.32 Å². The van der Waals surface area contributed by atoms with E-state index in [9.17, 15) is 4.79 Å². The molecule has 3 rings (SSSR count). The summed E-state index contributed by atoms with van der Waals surface area (Å²) in [6, 6.07) is 9.67. The molecule has 0 spiro atoms. The first kappa shape index (κ1) is 12.0. The number of amides is 1. The van der Waals surface area contributed by atoms with Gasteiger partial charge >= 0.3 is 0 Å². The van der Waals surface area contributed by atoms with Gasteiger partial charge in [0.2, 0.25) is 5.76 Å². The second kappa shape index (κ2) is 5.26. The molecule has 0 N–H and O–H groups in total. The van der Waals surface area contributed by atoms with Gasteiger partial charge in [-0.3, -0.25) is 4.79 Å². The fourth-order valence-electron chi connectivity index (χ4n) is 2.44. The number of hydrogen-bond acceptors (Lipinski definition) is 3. The minimum absolute atomic E-state index is 0.0453. The van der Waals surface area contributed by atoms with E-state index in [4.69, 9.17) is 4.42 Å². The van der Waals surface area contributed by atoms with Gasteiger partial charge in [0, 0.05) is 18.7 Å². The summed E-state index contributed by atoms with van der Waals surface area (Å²) in [5, 5.41) is 0. The zero-order valence-corrected chi connectivity index (χ0v) is 10.7. The van der Waals surface area contributed by atoms with Gasteiger partial charge in [0.25, 0.3) is 5.91 Å². The number of likely N-dealkylation sites (tertiary alicyclic amines) is 1. The molecule has 98 valence electrons. The molecular formula is C15H16N2O2. The Labute approximate surface area is 112 Å². The molecule has 0 radical (unpaired) electrons. The summed E-state index contributed by atoms with van der Waals surface area (Å²) >= 11 is 0. The van der Waals surface area contributed by atoms with Crippen LogP contribution < -0.4 is 0 Å². The van der Waals surface area contributed by atoms with Crippen LogP contribution >= 0.6 is 0 Å². The molecule has 2 heterocycles. The molecule has 0 saturated carbocycles. The Hall–Kier alpha value is -2.10. The summed E-state index contributed by atoms with van der Waals surface area (Å²) in [5.74, 6) is 0.309. The van der Waals surface area contributed by atoms with E-state index in [1.54, 1.807) is 0 Å². The van der Waals surface area contributed by atoms with Crippen molar-refractivity contribution in [2.24, 2.45) is 0 Å². The second-order valence-electron chi connectivity index (χ2n) is 4.75. The number of oxazole rings is 1. The van der Waals surface area contributed by atoms with Crippen LogP contribution in [0.5, 0.6) is 0 Å². The van der Waals surface area contributed by atoms with Gasteiger partial charge in [-0.15, -0.1) is 0 Å². The molecule has 1 aliphatic heterocycles. The molecule has 2 aromatic rings. The van der Waals surface area contributed by atoms with Gasteiger partial charge in [-0.1, -0.05) is 30.3 Å². The largest absolute Gasteiger partial charge is 0.438 e. The minimum Gasteiger partial charge on any atom is -0.438 e. The SMILES string of the molecule is O=C(c1ocnc1-c1ccccc1)N1CCCCC1.